The predicted octanol–water partition coefficient (Wildman–Crippen LogP) is 4.66. The number of para-hydroxylation sites is 1. The molecule has 5 nitrogen and oxygen atoms in total. The SMILES string of the molecule is COC(=O)c1ccc(F)c(NC(=O)c2ccc(Oc3ccccc3)cc2)c1. The van der Waals surface area contributed by atoms with Gasteiger partial charge >= 0.3 is 5.97 Å². The summed E-state index contributed by atoms with van der Waals surface area (Å²) in [6, 6.07) is 19.3. The van der Waals surface area contributed by atoms with Crippen LogP contribution >= 0.6 is 0 Å². The summed E-state index contributed by atoms with van der Waals surface area (Å²) in [5, 5.41) is 2.45. The van der Waals surface area contributed by atoms with E-state index in [1.807, 2.05) is 30.3 Å². The van der Waals surface area contributed by atoms with E-state index in [9.17, 15) is 14.0 Å². The Kier molecular flexibility index (Phi) is 5.47. The number of halogens is 1. The van der Waals surface area contributed by atoms with Gasteiger partial charge in [-0.3, -0.25) is 4.79 Å². The molecule has 0 aliphatic rings. The molecule has 1 N–H and O–H groups in total. The quantitative estimate of drug-likeness (QED) is 0.668. The molecule has 0 bridgehead atoms. The van der Waals surface area contributed by atoms with Crippen molar-refractivity contribution in [3.05, 3.63) is 89.7 Å². The van der Waals surface area contributed by atoms with Crippen molar-refractivity contribution in [2.45, 2.75) is 0 Å². The first kappa shape index (κ1) is 18.1. The van der Waals surface area contributed by atoms with Crippen LogP contribution in [0.2, 0.25) is 0 Å². The second kappa shape index (κ2) is 8.14. The monoisotopic (exact) mass is 365 g/mol. The smallest absolute Gasteiger partial charge is 0.337 e. The summed E-state index contributed by atoms with van der Waals surface area (Å²) in [5.74, 6) is -0.539. The predicted molar refractivity (Wildman–Crippen MR) is 98.7 cm³/mol. The number of hydrogen-bond acceptors (Lipinski definition) is 4. The van der Waals surface area contributed by atoms with Gasteiger partial charge in [0.05, 0.1) is 18.4 Å². The molecule has 1 amide bonds. The van der Waals surface area contributed by atoms with Crippen molar-refractivity contribution in [3.8, 4) is 11.5 Å². The maximum Gasteiger partial charge on any atom is 0.337 e. The van der Waals surface area contributed by atoms with Gasteiger partial charge in [-0.25, -0.2) is 9.18 Å². The normalized spacial score (nSPS) is 10.1. The number of methoxy groups -OCH3 is 1. The van der Waals surface area contributed by atoms with Crippen molar-refractivity contribution < 1.29 is 23.5 Å². The summed E-state index contributed by atoms with van der Waals surface area (Å²) in [6.45, 7) is 0. The van der Waals surface area contributed by atoms with Gasteiger partial charge in [0.2, 0.25) is 0 Å². The van der Waals surface area contributed by atoms with E-state index in [4.69, 9.17) is 4.74 Å². The molecule has 0 saturated carbocycles. The van der Waals surface area contributed by atoms with Gasteiger partial charge in [-0.2, -0.15) is 0 Å². The Hall–Kier alpha value is -3.67. The molecule has 3 aromatic carbocycles. The molecule has 3 aromatic rings. The minimum atomic E-state index is -0.653. The lowest BCUT2D eigenvalue weighted by atomic mass is 10.1. The fraction of sp³-hybridized carbons (Fsp3) is 0.0476. The number of benzene rings is 3. The van der Waals surface area contributed by atoms with Crippen LogP contribution in [0.3, 0.4) is 0 Å². The summed E-state index contributed by atoms with van der Waals surface area (Å²) in [6.07, 6.45) is 0. The molecule has 0 fully saturated rings. The van der Waals surface area contributed by atoms with Crippen molar-refractivity contribution in [2.75, 3.05) is 12.4 Å². The minimum Gasteiger partial charge on any atom is -0.465 e. The number of anilines is 1. The molecular weight excluding hydrogens is 349 g/mol. The Bertz CT molecular complexity index is 956. The van der Waals surface area contributed by atoms with E-state index in [-0.39, 0.29) is 11.3 Å². The van der Waals surface area contributed by atoms with E-state index in [1.165, 1.54) is 19.2 Å². The first-order chi connectivity index (χ1) is 13.1. The van der Waals surface area contributed by atoms with Gasteiger partial charge in [0.25, 0.3) is 5.91 Å². The highest BCUT2D eigenvalue weighted by Gasteiger charge is 2.13. The van der Waals surface area contributed by atoms with Gasteiger partial charge in [0.15, 0.2) is 0 Å². The molecular formula is C21H16FNO4. The third-order valence-corrected chi connectivity index (χ3v) is 3.73. The van der Waals surface area contributed by atoms with Crippen molar-refractivity contribution in [1.29, 1.82) is 0 Å². The van der Waals surface area contributed by atoms with E-state index >= 15 is 0 Å². The third-order valence-electron chi connectivity index (χ3n) is 3.73. The second-order valence-corrected chi connectivity index (χ2v) is 5.58. The summed E-state index contributed by atoms with van der Waals surface area (Å²) < 4.78 is 24.2. The number of esters is 1. The van der Waals surface area contributed by atoms with E-state index < -0.39 is 17.7 Å². The Morgan fingerprint density at radius 1 is 0.852 bits per heavy atom. The Labute approximate surface area is 155 Å². The molecule has 0 aliphatic carbocycles. The molecule has 0 saturated heterocycles. The van der Waals surface area contributed by atoms with Gasteiger partial charge in [-0.05, 0) is 54.6 Å². The van der Waals surface area contributed by atoms with Crippen molar-refractivity contribution in [1.82, 2.24) is 0 Å². The molecule has 136 valence electrons. The van der Waals surface area contributed by atoms with E-state index in [0.717, 1.165) is 6.07 Å². The molecule has 0 spiro atoms. The average Bonchev–Trinajstić information content (AvgIpc) is 2.70. The number of carbonyl (C=O) groups is 2. The lowest BCUT2D eigenvalue weighted by Gasteiger charge is -2.09. The van der Waals surface area contributed by atoms with Crippen molar-refractivity contribution >= 4 is 17.6 Å². The zero-order valence-electron chi connectivity index (χ0n) is 14.4. The molecule has 27 heavy (non-hydrogen) atoms. The minimum absolute atomic E-state index is 0.104. The number of carbonyl (C=O) groups excluding carboxylic acids is 2. The van der Waals surface area contributed by atoms with E-state index in [0.29, 0.717) is 17.1 Å². The van der Waals surface area contributed by atoms with Crippen LogP contribution in [-0.2, 0) is 4.74 Å². The van der Waals surface area contributed by atoms with Crippen LogP contribution < -0.4 is 10.1 Å². The molecule has 0 atom stereocenters. The van der Waals surface area contributed by atoms with Crippen molar-refractivity contribution in [2.24, 2.45) is 0 Å². The number of nitrogens with one attached hydrogen (secondary N) is 1. The standard InChI is InChI=1S/C21H16FNO4/c1-26-21(25)15-9-12-18(22)19(13-15)23-20(24)14-7-10-17(11-8-14)27-16-5-3-2-4-6-16/h2-13H,1H3,(H,23,24). The summed E-state index contributed by atoms with van der Waals surface area (Å²) in [7, 11) is 1.23. The first-order valence-corrected chi connectivity index (χ1v) is 8.09. The van der Waals surface area contributed by atoms with Crippen LogP contribution in [0.5, 0.6) is 11.5 Å². The van der Waals surface area contributed by atoms with Gasteiger partial charge in [0, 0.05) is 5.56 Å². The molecule has 0 aliphatic heterocycles. The van der Waals surface area contributed by atoms with Crippen LogP contribution in [0.25, 0.3) is 0 Å². The lowest BCUT2D eigenvalue weighted by molar-refractivity contribution is 0.0600. The van der Waals surface area contributed by atoms with Crippen LogP contribution in [0.15, 0.2) is 72.8 Å². The highest BCUT2D eigenvalue weighted by atomic mass is 19.1. The van der Waals surface area contributed by atoms with Crippen LogP contribution in [0.4, 0.5) is 10.1 Å². The van der Waals surface area contributed by atoms with Gasteiger partial charge in [-0.15, -0.1) is 0 Å². The fourth-order valence-electron chi connectivity index (χ4n) is 2.36. The summed E-state index contributed by atoms with van der Waals surface area (Å²) >= 11 is 0. The Morgan fingerprint density at radius 3 is 2.15 bits per heavy atom. The molecule has 0 radical (unpaired) electrons. The zero-order chi connectivity index (χ0) is 19.2. The van der Waals surface area contributed by atoms with Gasteiger partial charge in [-0.1, -0.05) is 18.2 Å². The largest absolute Gasteiger partial charge is 0.465 e. The Balaban J connectivity index is 1.72. The van der Waals surface area contributed by atoms with Crippen molar-refractivity contribution in [3.63, 3.8) is 0 Å². The van der Waals surface area contributed by atoms with Gasteiger partial charge < -0.3 is 14.8 Å². The number of ether oxygens (including phenoxy) is 2. The topological polar surface area (TPSA) is 64.6 Å². The summed E-state index contributed by atoms with van der Waals surface area (Å²) in [5.41, 5.74) is 0.353. The average molecular weight is 365 g/mol. The molecule has 0 aromatic heterocycles. The van der Waals surface area contributed by atoms with Crippen LogP contribution in [0, 0.1) is 5.82 Å². The number of rotatable bonds is 5. The van der Waals surface area contributed by atoms with E-state index in [2.05, 4.69) is 10.1 Å². The van der Waals surface area contributed by atoms with E-state index in [1.54, 1.807) is 24.3 Å². The molecule has 3 rings (SSSR count). The first-order valence-electron chi connectivity index (χ1n) is 8.09. The second-order valence-electron chi connectivity index (χ2n) is 5.58. The number of hydrogen-bond donors (Lipinski definition) is 1. The number of amides is 1. The fourth-order valence-corrected chi connectivity index (χ4v) is 2.36. The zero-order valence-corrected chi connectivity index (χ0v) is 14.4. The van der Waals surface area contributed by atoms with Crippen LogP contribution in [-0.4, -0.2) is 19.0 Å². The maximum atomic E-state index is 13.9. The highest BCUT2D eigenvalue weighted by Crippen LogP contribution is 2.22. The molecule has 0 unspecified atom stereocenters. The maximum absolute atomic E-state index is 13.9. The van der Waals surface area contributed by atoms with Crippen LogP contribution in [0.1, 0.15) is 20.7 Å². The molecule has 0 heterocycles. The Morgan fingerprint density at radius 2 is 1.48 bits per heavy atom. The third kappa shape index (κ3) is 4.49. The highest BCUT2D eigenvalue weighted by molar-refractivity contribution is 6.05. The lowest BCUT2D eigenvalue weighted by Crippen LogP contribution is -2.14. The van der Waals surface area contributed by atoms with Gasteiger partial charge in [0.1, 0.15) is 17.3 Å². The summed E-state index contributed by atoms with van der Waals surface area (Å²) in [4.78, 5) is 23.9. The molecule has 6 heteroatoms.